The van der Waals surface area contributed by atoms with Crippen molar-refractivity contribution in [3.63, 3.8) is 0 Å². The van der Waals surface area contributed by atoms with E-state index >= 15 is 0 Å². The zero-order valence-electron chi connectivity index (χ0n) is 8.50. The summed E-state index contributed by atoms with van der Waals surface area (Å²) >= 11 is 3.23. The van der Waals surface area contributed by atoms with Gasteiger partial charge in [0.1, 0.15) is 10.4 Å². The van der Waals surface area contributed by atoms with Crippen molar-refractivity contribution in [2.45, 2.75) is 13.3 Å². The van der Waals surface area contributed by atoms with Crippen LogP contribution in [0.3, 0.4) is 0 Å². The van der Waals surface area contributed by atoms with Gasteiger partial charge in [0, 0.05) is 6.54 Å². The van der Waals surface area contributed by atoms with E-state index in [1.165, 1.54) is 0 Å². The number of aromatic nitrogens is 1. The third-order valence-electron chi connectivity index (χ3n) is 1.67. The molecule has 1 amide bonds. The fourth-order valence-electron chi connectivity index (χ4n) is 0.995. The Morgan fingerprint density at radius 3 is 3.00 bits per heavy atom. The molecule has 0 atom stereocenters. The zero-order chi connectivity index (χ0) is 11.1. The van der Waals surface area contributed by atoms with Crippen LogP contribution in [0.5, 0.6) is 5.75 Å². The number of nitrogens with zero attached hydrogens (tertiary/aromatic N) is 1. The number of nitrogens with one attached hydrogen (secondary N) is 1. The number of hydrogen-bond acceptors (Lipinski definition) is 3. The molecule has 5 heteroatoms. The molecule has 0 fully saturated rings. The molecule has 1 aromatic heterocycles. The van der Waals surface area contributed by atoms with E-state index in [-0.39, 0.29) is 5.91 Å². The second kappa shape index (κ2) is 6.40. The van der Waals surface area contributed by atoms with E-state index in [0.29, 0.717) is 25.3 Å². The first-order valence-electron chi connectivity index (χ1n) is 4.73. The molecule has 1 N–H and O–H groups in total. The van der Waals surface area contributed by atoms with Crippen molar-refractivity contribution < 1.29 is 9.53 Å². The highest BCUT2D eigenvalue weighted by atomic mass is 79.9. The van der Waals surface area contributed by atoms with Crippen molar-refractivity contribution in [3.8, 4) is 5.75 Å². The van der Waals surface area contributed by atoms with Crippen LogP contribution in [0.15, 0.2) is 22.9 Å². The van der Waals surface area contributed by atoms with Crippen LogP contribution in [-0.4, -0.2) is 24.0 Å². The van der Waals surface area contributed by atoms with Gasteiger partial charge in [-0.05, 0) is 35.0 Å². The third kappa shape index (κ3) is 4.78. The largest absolute Gasteiger partial charge is 0.491 e. The van der Waals surface area contributed by atoms with Crippen molar-refractivity contribution in [1.29, 1.82) is 0 Å². The first-order valence-corrected chi connectivity index (χ1v) is 5.52. The molecule has 82 valence electrons. The Morgan fingerprint density at radius 1 is 1.60 bits per heavy atom. The van der Waals surface area contributed by atoms with Gasteiger partial charge in [-0.25, -0.2) is 4.98 Å². The molecule has 0 bridgehead atoms. The molecule has 4 nitrogen and oxygen atoms in total. The smallest absolute Gasteiger partial charge is 0.223 e. The van der Waals surface area contributed by atoms with E-state index in [1.807, 2.05) is 6.92 Å². The summed E-state index contributed by atoms with van der Waals surface area (Å²) in [5.74, 6) is 0.671. The lowest BCUT2D eigenvalue weighted by molar-refractivity contribution is -0.121. The third-order valence-corrected chi connectivity index (χ3v) is 2.14. The van der Waals surface area contributed by atoms with Gasteiger partial charge in [0.25, 0.3) is 0 Å². The first kappa shape index (κ1) is 12.0. The quantitative estimate of drug-likeness (QED) is 0.831. The predicted octanol–water partition coefficient (Wildman–Crippen LogP) is 1.75. The molecule has 0 saturated carbocycles. The van der Waals surface area contributed by atoms with Gasteiger partial charge in [-0.15, -0.1) is 0 Å². The van der Waals surface area contributed by atoms with E-state index in [9.17, 15) is 4.79 Å². The van der Waals surface area contributed by atoms with Crippen LogP contribution in [0, 0.1) is 0 Å². The maximum atomic E-state index is 11.1. The van der Waals surface area contributed by atoms with Crippen LogP contribution in [0.2, 0.25) is 0 Å². The van der Waals surface area contributed by atoms with Gasteiger partial charge in [-0.2, -0.15) is 0 Å². The Bertz CT molecular complexity index is 314. The average molecular weight is 273 g/mol. The first-order chi connectivity index (χ1) is 7.22. The molecular weight excluding hydrogens is 260 g/mol. The van der Waals surface area contributed by atoms with Crippen LogP contribution >= 0.6 is 15.9 Å². The van der Waals surface area contributed by atoms with Gasteiger partial charge in [-0.1, -0.05) is 0 Å². The number of halogens is 1. The van der Waals surface area contributed by atoms with Crippen molar-refractivity contribution in [1.82, 2.24) is 10.3 Å². The molecule has 1 rings (SSSR count). The lowest BCUT2D eigenvalue weighted by atomic mass is 10.4. The van der Waals surface area contributed by atoms with E-state index < -0.39 is 0 Å². The summed E-state index contributed by atoms with van der Waals surface area (Å²) in [6.07, 6.45) is 1.98. The summed E-state index contributed by atoms with van der Waals surface area (Å²) in [6.45, 7) is 2.91. The molecular formula is C10H13BrN2O2. The Morgan fingerprint density at radius 2 is 2.40 bits per heavy atom. The highest BCUT2D eigenvalue weighted by Gasteiger charge is 2.00. The Hall–Kier alpha value is -1.10. The number of ether oxygens (including phenoxy) is 1. The second-order valence-corrected chi connectivity index (χ2v) is 3.68. The standard InChI is InChI=1S/C10H13BrN2O2/c1-2-12-10(14)5-6-15-8-3-4-9(11)13-7-8/h3-4,7H,2,5-6H2,1H3,(H,12,14). The molecule has 0 aliphatic heterocycles. The lowest BCUT2D eigenvalue weighted by Gasteiger charge is -2.05. The van der Waals surface area contributed by atoms with E-state index in [2.05, 4.69) is 26.2 Å². The average Bonchev–Trinajstić information content (AvgIpc) is 2.21. The molecule has 15 heavy (non-hydrogen) atoms. The van der Waals surface area contributed by atoms with Gasteiger partial charge in [-0.3, -0.25) is 4.79 Å². The molecule has 1 aromatic rings. The lowest BCUT2D eigenvalue weighted by Crippen LogP contribution is -2.24. The minimum absolute atomic E-state index is 0.00238. The second-order valence-electron chi connectivity index (χ2n) is 2.87. The molecule has 0 aromatic carbocycles. The molecule has 1 heterocycles. The van der Waals surface area contributed by atoms with E-state index in [4.69, 9.17) is 4.74 Å². The summed E-state index contributed by atoms with van der Waals surface area (Å²) in [7, 11) is 0. The zero-order valence-corrected chi connectivity index (χ0v) is 10.1. The molecule has 0 saturated heterocycles. The fourth-order valence-corrected chi connectivity index (χ4v) is 1.23. The molecule has 0 aliphatic rings. The summed E-state index contributed by atoms with van der Waals surface area (Å²) in [5, 5.41) is 2.70. The maximum Gasteiger partial charge on any atom is 0.223 e. The van der Waals surface area contributed by atoms with Crippen molar-refractivity contribution in [2.75, 3.05) is 13.2 Å². The Kier molecular flexibility index (Phi) is 5.10. The van der Waals surface area contributed by atoms with Gasteiger partial charge in [0.15, 0.2) is 0 Å². The minimum Gasteiger partial charge on any atom is -0.491 e. The number of hydrogen-bond donors (Lipinski definition) is 1. The van der Waals surface area contributed by atoms with Crippen molar-refractivity contribution in [3.05, 3.63) is 22.9 Å². The topological polar surface area (TPSA) is 51.2 Å². The molecule has 0 spiro atoms. The number of amides is 1. The van der Waals surface area contributed by atoms with Gasteiger partial charge < -0.3 is 10.1 Å². The fraction of sp³-hybridized carbons (Fsp3) is 0.400. The van der Waals surface area contributed by atoms with Crippen LogP contribution in [0.1, 0.15) is 13.3 Å². The number of rotatable bonds is 5. The van der Waals surface area contributed by atoms with Gasteiger partial charge in [0.05, 0.1) is 19.2 Å². The van der Waals surface area contributed by atoms with E-state index in [0.717, 1.165) is 4.60 Å². The number of carbonyl (C=O) groups excluding carboxylic acids is 1. The van der Waals surface area contributed by atoms with Crippen LogP contribution in [0.4, 0.5) is 0 Å². The van der Waals surface area contributed by atoms with Crippen LogP contribution < -0.4 is 10.1 Å². The van der Waals surface area contributed by atoms with Gasteiger partial charge >= 0.3 is 0 Å². The number of carbonyl (C=O) groups is 1. The van der Waals surface area contributed by atoms with Crippen LogP contribution in [0.25, 0.3) is 0 Å². The summed E-state index contributed by atoms with van der Waals surface area (Å²) < 4.78 is 6.10. The highest BCUT2D eigenvalue weighted by Crippen LogP contribution is 2.12. The molecule has 0 aliphatic carbocycles. The Labute approximate surface area is 97.2 Å². The Balaban J connectivity index is 2.26. The van der Waals surface area contributed by atoms with E-state index in [1.54, 1.807) is 18.3 Å². The predicted molar refractivity (Wildman–Crippen MR) is 60.7 cm³/mol. The summed E-state index contributed by atoms with van der Waals surface area (Å²) in [5.41, 5.74) is 0. The van der Waals surface area contributed by atoms with Crippen molar-refractivity contribution in [2.24, 2.45) is 0 Å². The minimum atomic E-state index is 0.00238. The SMILES string of the molecule is CCNC(=O)CCOc1ccc(Br)nc1. The highest BCUT2D eigenvalue weighted by molar-refractivity contribution is 9.10. The molecule has 0 radical (unpaired) electrons. The summed E-state index contributed by atoms with van der Waals surface area (Å²) in [6, 6.07) is 3.59. The maximum absolute atomic E-state index is 11.1. The normalized spacial score (nSPS) is 9.73. The monoisotopic (exact) mass is 272 g/mol. The van der Waals surface area contributed by atoms with Crippen LogP contribution in [-0.2, 0) is 4.79 Å². The summed E-state index contributed by atoms with van der Waals surface area (Å²) in [4.78, 5) is 15.1. The van der Waals surface area contributed by atoms with Gasteiger partial charge in [0.2, 0.25) is 5.91 Å². The van der Waals surface area contributed by atoms with Crippen molar-refractivity contribution >= 4 is 21.8 Å². The number of pyridine rings is 1. The molecule has 0 unspecified atom stereocenters.